The largest absolute Gasteiger partial charge is 0.355 e. The van der Waals surface area contributed by atoms with E-state index < -0.39 is 0 Å². The minimum Gasteiger partial charge on any atom is -0.355 e. The number of hydrogen-bond acceptors (Lipinski definition) is 2. The fourth-order valence-corrected chi connectivity index (χ4v) is 1.50. The van der Waals surface area contributed by atoms with Crippen LogP contribution in [0.5, 0.6) is 0 Å². The molecule has 0 saturated heterocycles. The number of rotatable bonds is 10. The summed E-state index contributed by atoms with van der Waals surface area (Å²) >= 11 is 0. The molecule has 1 amide bonds. The second-order valence-electron chi connectivity index (χ2n) is 4.38. The van der Waals surface area contributed by atoms with Gasteiger partial charge in [0.05, 0.1) is 6.04 Å². The summed E-state index contributed by atoms with van der Waals surface area (Å²) in [5.41, 5.74) is 0. The quantitative estimate of drug-likeness (QED) is 0.564. The SMILES string of the molecule is CCCCCCNC(C)C(=O)NCCCC. The van der Waals surface area contributed by atoms with Gasteiger partial charge >= 0.3 is 0 Å². The molecule has 3 nitrogen and oxygen atoms in total. The first-order chi connectivity index (χ1) is 7.72. The minimum atomic E-state index is -0.0570. The lowest BCUT2D eigenvalue weighted by Crippen LogP contribution is -2.42. The Morgan fingerprint density at radius 1 is 1.00 bits per heavy atom. The molecule has 0 aliphatic carbocycles. The molecule has 0 saturated carbocycles. The number of hydrogen-bond donors (Lipinski definition) is 2. The van der Waals surface area contributed by atoms with E-state index in [0.717, 1.165) is 25.9 Å². The Morgan fingerprint density at radius 2 is 1.69 bits per heavy atom. The molecule has 1 atom stereocenters. The highest BCUT2D eigenvalue weighted by Gasteiger charge is 2.09. The molecular formula is C13H28N2O. The van der Waals surface area contributed by atoms with Gasteiger partial charge < -0.3 is 10.6 Å². The zero-order valence-electron chi connectivity index (χ0n) is 11.1. The molecule has 3 heteroatoms. The van der Waals surface area contributed by atoms with Crippen LogP contribution < -0.4 is 10.6 Å². The van der Waals surface area contributed by atoms with Crippen LogP contribution in [0.4, 0.5) is 0 Å². The van der Waals surface area contributed by atoms with Gasteiger partial charge in [0.25, 0.3) is 0 Å². The van der Waals surface area contributed by atoms with Crippen LogP contribution in [0.1, 0.15) is 59.3 Å². The molecule has 96 valence electrons. The highest BCUT2D eigenvalue weighted by molar-refractivity contribution is 5.81. The van der Waals surface area contributed by atoms with Crippen molar-refractivity contribution in [3.63, 3.8) is 0 Å². The standard InChI is InChI=1S/C13H28N2O/c1-4-6-8-9-11-14-12(3)13(16)15-10-7-5-2/h12,14H,4-11H2,1-3H3,(H,15,16). The van der Waals surface area contributed by atoms with Crippen molar-refractivity contribution in [2.24, 2.45) is 0 Å². The molecule has 1 unspecified atom stereocenters. The van der Waals surface area contributed by atoms with Crippen LogP contribution in [0.25, 0.3) is 0 Å². The van der Waals surface area contributed by atoms with Crippen LogP contribution in [0, 0.1) is 0 Å². The zero-order valence-corrected chi connectivity index (χ0v) is 11.1. The summed E-state index contributed by atoms with van der Waals surface area (Å²) in [5, 5.41) is 6.19. The van der Waals surface area contributed by atoms with Crippen LogP contribution in [-0.4, -0.2) is 25.0 Å². The van der Waals surface area contributed by atoms with E-state index in [-0.39, 0.29) is 11.9 Å². The molecule has 0 spiro atoms. The fraction of sp³-hybridized carbons (Fsp3) is 0.923. The Bertz CT molecular complexity index is 171. The van der Waals surface area contributed by atoms with Crippen molar-refractivity contribution in [2.45, 2.75) is 65.3 Å². The van der Waals surface area contributed by atoms with Crippen molar-refractivity contribution in [1.82, 2.24) is 10.6 Å². The number of nitrogens with one attached hydrogen (secondary N) is 2. The maximum absolute atomic E-state index is 11.6. The number of carbonyl (C=O) groups excluding carboxylic acids is 1. The van der Waals surface area contributed by atoms with E-state index in [2.05, 4.69) is 24.5 Å². The highest BCUT2D eigenvalue weighted by Crippen LogP contribution is 1.97. The Kier molecular flexibility index (Phi) is 10.5. The summed E-state index contributed by atoms with van der Waals surface area (Å²) < 4.78 is 0. The van der Waals surface area contributed by atoms with Crippen LogP contribution in [0.15, 0.2) is 0 Å². The van der Waals surface area contributed by atoms with Crippen LogP contribution in [0.2, 0.25) is 0 Å². The third kappa shape index (κ3) is 8.72. The van der Waals surface area contributed by atoms with Crippen molar-refractivity contribution in [1.29, 1.82) is 0 Å². The van der Waals surface area contributed by atoms with Crippen molar-refractivity contribution < 1.29 is 4.79 Å². The van der Waals surface area contributed by atoms with Gasteiger partial charge in [0.15, 0.2) is 0 Å². The Morgan fingerprint density at radius 3 is 2.31 bits per heavy atom. The van der Waals surface area contributed by atoms with E-state index in [1.807, 2.05) is 6.92 Å². The van der Waals surface area contributed by atoms with Gasteiger partial charge in [0.2, 0.25) is 5.91 Å². The second kappa shape index (κ2) is 10.9. The first kappa shape index (κ1) is 15.4. The van der Waals surface area contributed by atoms with Crippen molar-refractivity contribution >= 4 is 5.91 Å². The highest BCUT2D eigenvalue weighted by atomic mass is 16.2. The first-order valence-electron chi connectivity index (χ1n) is 6.73. The lowest BCUT2D eigenvalue weighted by atomic mass is 10.2. The molecule has 0 aromatic heterocycles. The molecule has 0 aromatic carbocycles. The smallest absolute Gasteiger partial charge is 0.236 e. The van der Waals surface area contributed by atoms with Crippen molar-refractivity contribution in [3.8, 4) is 0 Å². The number of unbranched alkanes of at least 4 members (excludes halogenated alkanes) is 4. The third-order valence-corrected chi connectivity index (χ3v) is 2.70. The van der Waals surface area contributed by atoms with Crippen LogP contribution >= 0.6 is 0 Å². The van der Waals surface area contributed by atoms with Gasteiger partial charge in [-0.2, -0.15) is 0 Å². The topological polar surface area (TPSA) is 41.1 Å². The molecule has 0 heterocycles. The number of amides is 1. The summed E-state index contributed by atoms with van der Waals surface area (Å²) in [6, 6.07) is -0.0570. The molecule has 0 radical (unpaired) electrons. The third-order valence-electron chi connectivity index (χ3n) is 2.70. The summed E-state index contributed by atoms with van der Waals surface area (Å²) in [6.45, 7) is 8.01. The van der Waals surface area contributed by atoms with E-state index in [1.165, 1.54) is 25.7 Å². The van der Waals surface area contributed by atoms with E-state index >= 15 is 0 Å². The predicted molar refractivity (Wildman–Crippen MR) is 69.5 cm³/mol. The molecule has 0 aromatic rings. The number of carbonyl (C=O) groups is 1. The monoisotopic (exact) mass is 228 g/mol. The maximum Gasteiger partial charge on any atom is 0.236 e. The molecular weight excluding hydrogens is 200 g/mol. The second-order valence-corrected chi connectivity index (χ2v) is 4.38. The van der Waals surface area contributed by atoms with E-state index in [9.17, 15) is 4.79 Å². The van der Waals surface area contributed by atoms with Gasteiger partial charge in [-0.05, 0) is 26.3 Å². The predicted octanol–water partition coefficient (Wildman–Crippen LogP) is 2.46. The summed E-state index contributed by atoms with van der Waals surface area (Å²) in [7, 11) is 0. The fourth-order valence-electron chi connectivity index (χ4n) is 1.50. The zero-order chi connectivity index (χ0) is 12.2. The Hall–Kier alpha value is -0.570. The molecule has 2 N–H and O–H groups in total. The normalized spacial score (nSPS) is 12.4. The Balaban J connectivity index is 3.40. The summed E-state index contributed by atoms with van der Waals surface area (Å²) in [5.74, 6) is 0.129. The lowest BCUT2D eigenvalue weighted by Gasteiger charge is -2.13. The van der Waals surface area contributed by atoms with Gasteiger partial charge in [0.1, 0.15) is 0 Å². The van der Waals surface area contributed by atoms with E-state index in [0.29, 0.717) is 0 Å². The first-order valence-corrected chi connectivity index (χ1v) is 6.73. The van der Waals surface area contributed by atoms with Crippen LogP contribution in [0.3, 0.4) is 0 Å². The molecule has 0 aliphatic heterocycles. The summed E-state index contributed by atoms with van der Waals surface area (Å²) in [4.78, 5) is 11.6. The molecule has 16 heavy (non-hydrogen) atoms. The van der Waals surface area contributed by atoms with Crippen molar-refractivity contribution in [3.05, 3.63) is 0 Å². The van der Waals surface area contributed by atoms with E-state index in [4.69, 9.17) is 0 Å². The molecule has 0 bridgehead atoms. The minimum absolute atomic E-state index is 0.0570. The van der Waals surface area contributed by atoms with Gasteiger partial charge in [0, 0.05) is 6.54 Å². The van der Waals surface area contributed by atoms with Crippen LogP contribution in [-0.2, 0) is 4.79 Å². The van der Waals surface area contributed by atoms with Gasteiger partial charge in [-0.3, -0.25) is 4.79 Å². The average Bonchev–Trinajstić information content (AvgIpc) is 2.28. The Labute approximate surface area is 100 Å². The van der Waals surface area contributed by atoms with Gasteiger partial charge in [-0.1, -0.05) is 39.5 Å². The molecule has 0 fully saturated rings. The lowest BCUT2D eigenvalue weighted by molar-refractivity contribution is -0.122. The average molecular weight is 228 g/mol. The van der Waals surface area contributed by atoms with Gasteiger partial charge in [-0.15, -0.1) is 0 Å². The molecule has 0 aliphatic rings. The van der Waals surface area contributed by atoms with Gasteiger partial charge in [-0.25, -0.2) is 0 Å². The maximum atomic E-state index is 11.6. The van der Waals surface area contributed by atoms with E-state index in [1.54, 1.807) is 0 Å². The molecule has 0 rings (SSSR count). The summed E-state index contributed by atoms with van der Waals surface area (Å²) in [6.07, 6.45) is 7.16. The van der Waals surface area contributed by atoms with Crippen molar-refractivity contribution in [2.75, 3.05) is 13.1 Å².